The first-order chi connectivity index (χ1) is 9.98. The largest absolute Gasteiger partial charge is 0.488 e. The van der Waals surface area contributed by atoms with Gasteiger partial charge in [0.15, 0.2) is 9.84 Å². The molecule has 0 amide bonds. The van der Waals surface area contributed by atoms with Gasteiger partial charge in [0.1, 0.15) is 11.9 Å². The van der Waals surface area contributed by atoms with Crippen LogP contribution >= 0.6 is 0 Å². The number of hydrogen-bond acceptors (Lipinski definition) is 5. The van der Waals surface area contributed by atoms with Crippen molar-refractivity contribution in [1.82, 2.24) is 4.90 Å². The zero-order valence-corrected chi connectivity index (χ0v) is 13.1. The predicted octanol–water partition coefficient (Wildman–Crippen LogP) is 0.814. The number of sulfone groups is 1. The van der Waals surface area contributed by atoms with E-state index in [9.17, 15) is 8.42 Å². The Bertz CT molecular complexity index is 605. The van der Waals surface area contributed by atoms with E-state index in [2.05, 4.69) is 18.0 Å². The standard InChI is InChI=1S/C15H22N2O3S/c1-17-8-11(7-16)6-14(17)13-4-2-3-5-15(13)20-12-9-21(18,19)10-12/h2-5,11-12,14H,6-10,16H2,1H3. The van der Waals surface area contributed by atoms with Crippen molar-refractivity contribution < 1.29 is 13.2 Å². The number of ether oxygens (including phenoxy) is 1. The fraction of sp³-hybridized carbons (Fsp3) is 0.600. The fourth-order valence-electron chi connectivity index (χ4n) is 3.27. The molecule has 0 radical (unpaired) electrons. The number of benzene rings is 1. The minimum Gasteiger partial charge on any atom is -0.488 e. The molecule has 1 aromatic rings. The molecule has 0 saturated carbocycles. The van der Waals surface area contributed by atoms with Crippen LogP contribution in [0.15, 0.2) is 24.3 Å². The minimum absolute atomic E-state index is 0.132. The molecule has 0 aromatic heterocycles. The molecular formula is C15H22N2O3S. The van der Waals surface area contributed by atoms with Crippen molar-refractivity contribution in [3.05, 3.63) is 29.8 Å². The maximum Gasteiger partial charge on any atom is 0.157 e. The highest BCUT2D eigenvalue weighted by Crippen LogP contribution is 2.38. The molecule has 116 valence electrons. The molecule has 3 rings (SSSR count). The summed E-state index contributed by atoms with van der Waals surface area (Å²) in [6, 6.07) is 8.24. The molecule has 1 aromatic carbocycles. The summed E-state index contributed by atoms with van der Waals surface area (Å²) in [7, 11) is -0.756. The van der Waals surface area contributed by atoms with Gasteiger partial charge in [0.2, 0.25) is 0 Å². The van der Waals surface area contributed by atoms with E-state index in [1.165, 1.54) is 0 Å². The van der Waals surface area contributed by atoms with Crippen LogP contribution in [-0.2, 0) is 9.84 Å². The predicted molar refractivity (Wildman–Crippen MR) is 82.0 cm³/mol. The Kier molecular flexibility index (Phi) is 3.94. The second-order valence-corrected chi connectivity index (χ2v) is 8.30. The van der Waals surface area contributed by atoms with Crippen LogP contribution in [0.3, 0.4) is 0 Å². The van der Waals surface area contributed by atoms with Crippen LogP contribution in [0.25, 0.3) is 0 Å². The van der Waals surface area contributed by atoms with Crippen LogP contribution in [0.5, 0.6) is 5.75 Å². The van der Waals surface area contributed by atoms with Crippen LogP contribution in [0.4, 0.5) is 0 Å². The Morgan fingerprint density at radius 3 is 2.67 bits per heavy atom. The Morgan fingerprint density at radius 1 is 1.33 bits per heavy atom. The van der Waals surface area contributed by atoms with Gasteiger partial charge >= 0.3 is 0 Å². The van der Waals surface area contributed by atoms with Crippen LogP contribution in [0.1, 0.15) is 18.0 Å². The molecule has 2 heterocycles. The Hall–Kier alpha value is -1.11. The lowest BCUT2D eigenvalue weighted by Crippen LogP contribution is -2.45. The van der Waals surface area contributed by atoms with Gasteiger partial charge in [0.25, 0.3) is 0 Å². The molecule has 2 aliphatic heterocycles. The Morgan fingerprint density at radius 2 is 2.05 bits per heavy atom. The van der Waals surface area contributed by atoms with Crippen LogP contribution in [0, 0.1) is 5.92 Å². The molecule has 6 heteroatoms. The highest BCUT2D eigenvalue weighted by Gasteiger charge is 2.37. The van der Waals surface area contributed by atoms with Gasteiger partial charge in [-0.2, -0.15) is 0 Å². The molecule has 2 saturated heterocycles. The number of hydrogen-bond donors (Lipinski definition) is 1. The maximum atomic E-state index is 11.3. The highest BCUT2D eigenvalue weighted by atomic mass is 32.2. The van der Waals surface area contributed by atoms with E-state index in [1.807, 2.05) is 18.2 Å². The van der Waals surface area contributed by atoms with E-state index in [0.29, 0.717) is 18.5 Å². The summed E-state index contributed by atoms with van der Waals surface area (Å²) in [6.45, 7) is 1.69. The van der Waals surface area contributed by atoms with E-state index in [0.717, 1.165) is 24.3 Å². The minimum atomic E-state index is -2.86. The zero-order valence-electron chi connectivity index (χ0n) is 12.2. The van der Waals surface area contributed by atoms with Crippen molar-refractivity contribution in [2.24, 2.45) is 11.7 Å². The molecule has 2 fully saturated rings. The van der Waals surface area contributed by atoms with Crippen molar-refractivity contribution in [1.29, 1.82) is 0 Å². The van der Waals surface area contributed by atoms with Crippen LogP contribution < -0.4 is 10.5 Å². The molecule has 0 spiro atoms. The van der Waals surface area contributed by atoms with Gasteiger partial charge in [0, 0.05) is 18.2 Å². The zero-order chi connectivity index (χ0) is 15.0. The average molecular weight is 310 g/mol. The summed E-state index contributed by atoms with van der Waals surface area (Å²) in [5.41, 5.74) is 6.93. The maximum absolute atomic E-state index is 11.3. The highest BCUT2D eigenvalue weighted by molar-refractivity contribution is 7.92. The van der Waals surface area contributed by atoms with E-state index in [4.69, 9.17) is 10.5 Å². The van der Waals surface area contributed by atoms with Crippen molar-refractivity contribution in [3.63, 3.8) is 0 Å². The first-order valence-electron chi connectivity index (χ1n) is 7.35. The third-order valence-corrected chi connectivity index (χ3v) is 6.18. The third kappa shape index (κ3) is 3.07. The molecule has 5 nitrogen and oxygen atoms in total. The van der Waals surface area contributed by atoms with Gasteiger partial charge < -0.3 is 10.5 Å². The van der Waals surface area contributed by atoms with Crippen LogP contribution in [0.2, 0.25) is 0 Å². The lowest BCUT2D eigenvalue weighted by Gasteiger charge is -2.29. The second-order valence-electron chi connectivity index (χ2n) is 6.15. The van der Waals surface area contributed by atoms with Crippen LogP contribution in [-0.4, -0.2) is 51.1 Å². The van der Waals surface area contributed by atoms with Crippen molar-refractivity contribution >= 4 is 9.84 Å². The number of rotatable bonds is 4. The van der Waals surface area contributed by atoms with E-state index < -0.39 is 9.84 Å². The average Bonchev–Trinajstić information content (AvgIpc) is 2.78. The number of nitrogens with zero attached hydrogens (tertiary/aromatic N) is 1. The number of likely N-dealkylation sites (tertiary alicyclic amines) is 1. The molecule has 2 unspecified atom stereocenters. The van der Waals surface area contributed by atoms with Gasteiger partial charge in [-0.3, -0.25) is 4.90 Å². The first kappa shape index (κ1) is 14.8. The fourth-order valence-corrected chi connectivity index (χ4v) is 4.44. The van der Waals surface area contributed by atoms with Gasteiger partial charge in [-0.1, -0.05) is 18.2 Å². The molecule has 2 atom stereocenters. The summed E-state index contributed by atoms with van der Waals surface area (Å²) in [4.78, 5) is 2.30. The molecular weight excluding hydrogens is 288 g/mol. The van der Waals surface area contributed by atoms with E-state index in [1.54, 1.807) is 0 Å². The van der Waals surface area contributed by atoms with E-state index in [-0.39, 0.29) is 17.6 Å². The van der Waals surface area contributed by atoms with Crippen molar-refractivity contribution in [2.75, 3.05) is 31.6 Å². The third-order valence-electron chi connectivity index (χ3n) is 4.42. The Labute approximate surface area is 126 Å². The second kappa shape index (κ2) is 5.59. The summed E-state index contributed by atoms with van der Waals surface area (Å²) in [6.07, 6.45) is 0.823. The quantitative estimate of drug-likeness (QED) is 0.891. The van der Waals surface area contributed by atoms with Gasteiger partial charge in [0.05, 0.1) is 11.5 Å². The van der Waals surface area contributed by atoms with Gasteiger partial charge in [-0.15, -0.1) is 0 Å². The van der Waals surface area contributed by atoms with E-state index >= 15 is 0 Å². The molecule has 0 bridgehead atoms. The molecule has 2 aliphatic rings. The SMILES string of the molecule is CN1CC(CN)CC1c1ccccc1OC1CS(=O)(=O)C1. The monoisotopic (exact) mass is 310 g/mol. The van der Waals surface area contributed by atoms with Crippen molar-refractivity contribution in [2.45, 2.75) is 18.6 Å². The first-order valence-corrected chi connectivity index (χ1v) is 9.17. The lowest BCUT2D eigenvalue weighted by molar-refractivity contribution is 0.220. The summed E-state index contributed by atoms with van der Waals surface area (Å²) in [5, 5.41) is 0. The smallest absolute Gasteiger partial charge is 0.157 e. The van der Waals surface area contributed by atoms with Crippen molar-refractivity contribution in [3.8, 4) is 5.75 Å². The normalized spacial score (nSPS) is 29.2. The molecule has 0 aliphatic carbocycles. The number of nitrogens with two attached hydrogens (primary N) is 1. The molecule has 2 N–H and O–H groups in total. The summed E-state index contributed by atoms with van der Waals surface area (Å²) < 4.78 is 28.4. The number of para-hydroxylation sites is 1. The lowest BCUT2D eigenvalue weighted by atomic mass is 9.99. The van der Waals surface area contributed by atoms with Gasteiger partial charge in [-0.25, -0.2) is 8.42 Å². The van der Waals surface area contributed by atoms with Gasteiger partial charge in [-0.05, 0) is 32.0 Å². The Balaban J connectivity index is 1.77. The molecule has 21 heavy (non-hydrogen) atoms. The topological polar surface area (TPSA) is 72.6 Å². The summed E-state index contributed by atoms with van der Waals surface area (Å²) in [5.74, 6) is 1.59. The summed E-state index contributed by atoms with van der Waals surface area (Å²) >= 11 is 0.